The molecule has 0 spiro atoms. The molecule has 11 heavy (non-hydrogen) atoms. The van der Waals surface area contributed by atoms with E-state index in [-0.39, 0.29) is 0 Å². The fraction of sp³-hybridized carbons (Fsp3) is 1.00. The van der Waals surface area contributed by atoms with Crippen LogP contribution in [0.1, 0.15) is 53.4 Å². The van der Waals surface area contributed by atoms with Crippen LogP contribution in [0, 0.1) is 17.3 Å². The van der Waals surface area contributed by atoms with Gasteiger partial charge in [-0.05, 0) is 36.5 Å². The monoisotopic (exact) mass is 154 g/mol. The summed E-state index contributed by atoms with van der Waals surface area (Å²) in [5, 5.41) is 0. The molecule has 1 aliphatic rings. The van der Waals surface area contributed by atoms with E-state index in [1.54, 1.807) is 0 Å². The molecule has 2 atom stereocenters. The SMILES string of the molecule is CCC1CCC(C)(C)CC1C. The van der Waals surface area contributed by atoms with Gasteiger partial charge in [0.2, 0.25) is 0 Å². The molecule has 0 aliphatic heterocycles. The van der Waals surface area contributed by atoms with Gasteiger partial charge in [0.15, 0.2) is 0 Å². The molecule has 0 N–H and O–H groups in total. The predicted molar refractivity (Wildman–Crippen MR) is 50.6 cm³/mol. The molecule has 1 rings (SSSR count). The van der Waals surface area contributed by atoms with Gasteiger partial charge in [0.25, 0.3) is 0 Å². The minimum atomic E-state index is 0.630. The van der Waals surface area contributed by atoms with Gasteiger partial charge in [-0.2, -0.15) is 0 Å². The molecule has 1 fully saturated rings. The van der Waals surface area contributed by atoms with Crippen LogP contribution in [-0.2, 0) is 0 Å². The first kappa shape index (κ1) is 9.09. The number of hydrogen-bond acceptors (Lipinski definition) is 0. The van der Waals surface area contributed by atoms with Crippen LogP contribution in [0.15, 0.2) is 0 Å². The van der Waals surface area contributed by atoms with Crippen molar-refractivity contribution in [1.82, 2.24) is 0 Å². The average Bonchev–Trinajstić information content (AvgIpc) is 1.86. The number of rotatable bonds is 1. The topological polar surface area (TPSA) is 0 Å². The van der Waals surface area contributed by atoms with Crippen molar-refractivity contribution in [1.29, 1.82) is 0 Å². The van der Waals surface area contributed by atoms with Crippen LogP contribution in [0.3, 0.4) is 0 Å². The third-order valence-corrected chi connectivity index (χ3v) is 3.40. The fourth-order valence-corrected chi connectivity index (χ4v) is 2.61. The average molecular weight is 154 g/mol. The Morgan fingerprint density at radius 1 is 1.36 bits per heavy atom. The van der Waals surface area contributed by atoms with Crippen molar-refractivity contribution in [2.45, 2.75) is 53.4 Å². The summed E-state index contributed by atoms with van der Waals surface area (Å²) in [7, 11) is 0. The van der Waals surface area contributed by atoms with Crippen molar-refractivity contribution in [2.75, 3.05) is 0 Å². The van der Waals surface area contributed by atoms with E-state index in [9.17, 15) is 0 Å². The second-order valence-electron chi connectivity index (χ2n) is 5.05. The lowest BCUT2D eigenvalue weighted by molar-refractivity contribution is 0.126. The van der Waals surface area contributed by atoms with Gasteiger partial charge in [-0.25, -0.2) is 0 Å². The van der Waals surface area contributed by atoms with Crippen molar-refractivity contribution in [3.63, 3.8) is 0 Å². The van der Waals surface area contributed by atoms with Crippen molar-refractivity contribution < 1.29 is 0 Å². The van der Waals surface area contributed by atoms with Crippen LogP contribution in [0.2, 0.25) is 0 Å². The quantitative estimate of drug-likeness (QED) is 0.538. The molecule has 0 bridgehead atoms. The molecule has 0 nitrogen and oxygen atoms in total. The van der Waals surface area contributed by atoms with E-state index in [1.807, 2.05) is 0 Å². The summed E-state index contributed by atoms with van der Waals surface area (Å²) in [5.41, 5.74) is 0.630. The lowest BCUT2D eigenvalue weighted by Crippen LogP contribution is -2.27. The summed E-state index contributed by atoms with van der Waals surface area (Å²) < 4.78 is 0. The van der Waals surface area contributed by atoms with Gasteiger partial charge in [0, 0.05) is 0 Å². The van der Waals surface area contributed by atoms with Crippen LogP contribution in [0.4, 0.5) is 0 Å². The molecule has 1 saturated carbocycles. The zero-order chi connectivity index (χ0) is 8.48. The van der Waals surface area contributed by atoms with Crippen molar-refractivity contribution in [2.24, 2.45) is 17.3 Å². The number of hydrogen-bond donors (Lipinski definition) is 0. The molecule has 0 aromatic heterocycles. The molecule has 0 amide bonds. The summed E-state index contributed by atoms with van der Waals surface area (Å²) in [6.45, 7) is 9.58. The van der Waals surface area contributed by atoms with Crippen LogP contribution >= 0.6 is 0 Å². The highest BCUT2D eigenvalue weighted by molar-refractivity contribution is 4.82. The van der Waals surface area contributed by atoms with Gasteiger partial charge in [-0.3, -0.25) is 0 Å². The first-order valence-electron chi connectivity index (χ1n) is 5.05. The smallest absolute Gasteiger partial charge is 0.0351 e. The third-order valence-electron chi connectivity index (χ3n) is 3.40. The van der Waals surface area contributed by atoms with E-state index in [0.717, 1.165) is 11.8 Å². The molecule has 66 valence electrons. The van der Waals surface area contributed by atoms with E-state index in [1.165, 1.54) is 25.7 Å². The summed E-state index contributed by atoms with van der Waals surface area (Å²) in [5.74, 6) is 1.98. The van der Waals surface area contributed by atoms with E-state index < -0.39 is 0 Å². The summed E-state index contributed by atoms with van der Waals surface area (Å²) >= 11 is 0. The molecule has 0 aromatic rings. The first-order valence-corrected chi connectivity index (χ1v) is 5.05. The van der Waals surface area contributed by atoms with Crippen molar-refractivity contribution in [3.8, 4) is 0 Å². The second-order valence-corrected chi connectivity index (χ2v) is 5.05. The molecular weight excluding hydrogens is 132 g/mol. The lowest BCUT2D eigenvalue weighted by Gasteiger charge is -2.38. The normalized spacial score (nSPS) is 37.1. The Morgan fingerprint density at radius 3 is 2.45 bits per heavy atom. The summed E-state index contributed by atoms with van der Waals surface area (Å²) in [6.07, 6.45) is 5.73. The fourth-order valence-electron chi connectivity index (χ4n) is 2.61. The van der Waals surface area contributed by atoms with Crippen LogP contribution in [-0.4, -0.2) is 0 Å². The lowest BCUT2D eigenvalue weighted by atomic mass is 9.67. The van der Waals surface area contributed by atoms with Crippen LogP contribution < -0.4 is 0 Å². The first-order chi connectivity index (χ1) is 5.05. The van der Waals surface area contributed by atoms with Gasteiger partial charge in [0.1, 0.15) is 0 Å². The minimum Gasteiger partial charge on any atom is -0.0651 e. The Labute approximate surface area is 71.4 Å². The van der Waals surface area contributed by atoms with Gasteiger partial charge in [0.05, 0.1) is 0 Å². The van der Waals surface area contributed by atoms with E-state index in [4.69, 9.17) is 0 Å². The molecule has 0 saturated heterocycles. The molecule has 2 unspecified atom stereocenters. The van der Waals surface area contributed by atoms with Gasteiger partial charge in [-0.1, -0.05) is 34.1 Å². The maximum absolute atomic E-state index is 2.43. The Kier molecular flexibility index (Phi) is 2.61. The van der Waals surface area contributed by atoms with Gasteiger partial charge < -0.3 is 0 Å². The van der Waals surface area contributed by atoms with E-state index >= 15 is 0 Å². The highest BCUT2D eigenvalue weighted by Crippen LogP contribution is 2.42. The standard InChI is InChI=1S/C11H22/c1-5-10-6-7-11(3,4)8-9(10)2/h9-10H,5-8H2,1-4H3. The van der Waals surface area contributed by atoms with Crippen LogP contribution in [0.5, 0.6) is 0 Å². The zero-order valence-corrected chi connectivity index (χ0v) is 8.48. The third kappa shape index (κ3) is 2.21. The highest BCUT2D eigenvalue weighted by Gasteiger charge is 2.30. The molecular formula is C11H22. The Hall–Kier alpha value is 0. The molecule has 0 heteroatoms. The maximum Gasteiger partial charge on any atom is -0.0351 e. The van der Waals surface area contributed by atoms with Crippen LogP contribution in [0.25, 0.3) is 0 Å². The Balaban J connectivity index is 2.48. The molecule has 0 heterocycles. The second kappa shape index (κ2) is 3.16. The predicted octanol–water partition coefficient (Wildman–Crippen LogP) is 3.86. The van der Waals surface area contributed by atoms with E-state index in [0.29, 0.717) is 5.41 Å². The minimum absolute atomic E-state index is 0.630. The maximum atomic E-state index is 2.43. The van der Waals surface area contributed by atoms with Gasteiger partial charge >= 0.3 is 0 Å². The summed E-state index contributed by atoms with van der Waals surface area (Å²) in [6, 6.07) is 0. The molecule has 1 aliphatic carbocycles. The Bertz CT molecular complexity index is 124. The Morgan fingerprint density at radius 2 is 2.00 bits per heavy atom. The zero-order valence-electron chi connectivity index (χ0n) is 8.48. The molecule has 0 aromatic carbocycles. The summed E-state index contributed by atoms with van der Waals surface area (Å²) in [4.78, 5) is 0. The molecule has 0 radical (unpaired) electrons. The van der Waals surface area contributed by atoms with E-state index in [2.05, 4.69) is 27.7 Å². The van der Waals surface area contributed by atoms with Gasteiger partial charge in [-0.15, -0.1) is 0 Å². The van der Waals surface area contributed by atoms with Crippen molar-refractivity contribution >= 4 is 0 Å². The van der Waals surface area contributed by atoms with Crippen molar-refractivity contribution in [3.05, 3.63) is 0 Å². The largest absolute Gasteiger partial charge is 0.0651 e. The highest BCUT2D eigenvalue weighted by atomic mass is 14.4.